The van der Waals surface area contributed by atoms with Crippen LogP contribution in [0.3, 0.4) is 0 Å². The standard InChI is InChI=1S/C15H22BrNO2S/c1-3-13-7-5-4-6-10-17(13)20(18,19)15-9-8-12(2)11-14(15)16/h8-9,11,13H,3-7,10H2,1-2H3. The van der Waals surface area contributed by atoms with Crippen LogP contribution in [-0.2, 0) is 10.0 Å². The summed E-state index contributed by atoms with van der Waals surface area (Å²) in [6.45, 7) is 4.67. The molecule has 1 atom stereocenters. The van der Waals surface area contributed by atoms with E-state index in [1.807, 2.05) is 19.1 Å². The van der Waals surface area contributed by atoms with Crippen molar-refractivity contribution in [3.05, 3.63) is 28.2 Å². The smallest absolute Gasteiger partial charge is 0.207 e. The number of hydrogen-bond donors (Lipinski definition) is 0. The third kappa shape index (κ3) is 3.26. The maximum atomic E-state index is 12.9. The number of benzene rings is 1. The first-order valence-corrected chi connectivity index (χ1v) is 9.48. The Morgan fingerprint density at radius 1 is 1.30 bits per heavy atom. The molecule has 0 bridgehead atoms. The molecule has 1 heterocycles. The van der Waals surface area contributed by atoms with Gasteiger partial charge in [-0.15, -0.1) is 0 Å². The van der Waals surface area contributed by atoms with Crippen LogP contribution < -0.4 is 0 Å². The van der Waals surface area contributed by atoms with E-state index >= 15 is 0 Å². The van der Waals surface area contributed by atoms with Crippen molar-refractivity contribution >= 4 is 26.0 Å². The average molecular weight is 360 g/mol. The van der Waals surface area contributed by atoms with E-state index in [0.717, 1.165) is 37.7 Å². The van der Waals surface area contributed by atoms with Gasteiger partial charge in [0.05, 0.1) is 4.90 Å². The van der Waals surface area contributed by atoms with E-state index in [1.165, 1.54) is 0 Å². The predicted molar refractivity (Wildman–Crippen MR) is 85.3 cm³/mol. The van der Waals surface area contributed by atoms with Gasteiger partial charge in [0.1, 0.15) is 0 Å². The van der Waals surface area contributed by atoms with E-state index < -0.39 is 10.0 Å². The van der Waals surface area contributed by atoms with Crippen LogP contribution in [0.25, 0.3) is 0 Å². The van der Waals surface area contributed by atoms with E-state index in [-0.39, 0.29) is 6.04 Å². The summed E-state index contributed by atoms with van der Waals surface area (Å²) in [6, 6.07) is 5.57. The molecule has 0 saturated carbocycles. The highest BCUT2D eigenvalue weighted by atomic mass is 79.9. The fourth-order valence-electron chi connectivity index (χ4n) is 2.82. The van der Waals surface area contributed by atoms with Crippen molar-refractivity contribution in [3.63, 3.8) is 0 Å². The Morgan fingerprint density at radius 3 is 2.70 bits per heavy atom. The summed E-state index contributed by atoms with van der Waals surface area (Å²) < 4.78 is 28.3. The summed E-state index contributed by atoms with van der Waals surface area (Å²) in [4.78, 5) is 0.392. The molecule has 0 aliphatic carbocycles. The molecule has 1 fully saturated rings. The third-order valence-corrected chi connectivity index (χ3v) is 6.90. The molecule has 1 aliphatic heterocycles. The summed E-state index contributed by atoms with van der Waals surface area (Å²) in [5.74, 6) is 0. The first-order valence-electron chi connectivity index (χ1n) is 7.25. The minimum Gasteiger partial charge on any atom is -0.207 e. The van der Waals surface area contributed by atoms with Crippen molar-refractivity contribution < 1.29 is 8.42 Å². The molecule has 0 radical (unpaired) electrons. The molecule has 0 amide bonds. The van der Waals surface area contributed by atoms with E-state index in [1.54, 1.807) is 10.4 Å². The van der Waals surface area contributed by atoms with E-state index in [4.69, 9.17) is 0 Å². The van der Waals surface area contributed by atoms with Crippen LogP contribution in [0.2, 0.25) is 0 Å². The van der Waals surface area contributed by atoms with Crippen LogP contribution >= 0.6 is 15.9 Å². The highest BCUT2D eigenvalue weighted by molar-refractivity contribution is 9.10. The van der Waals surface area contributed by atoms with Gasteiger partial charge >= 0.3 is 0 Å². The molecule has 0 aromatic heterocycles. The van der Waals surface area contributed by atoms with Gasteiger partial charge < -0.3 is 0 Å². The molecule has 3 nitrogen and oxygen atoms in total. The Kier molecular flexibility index (Phi) is 5.26. The lowest BCUT2D eigenvalue weighted by Crippen LogP contribution is -2.39. The fraction of sp³-hybridized carbons (Fsp3) is 0.600. The van der Waals surface area contributed by atoms with Crippen LogP contribution in [0.1, 0.15) is 44.6 Å². The second-order valence-corrected chi connectivity index (χ2v) is 8.17. The first kappa shape index (κ1) is 16.0. The number of sulfonamides is 1. The maximum Gasteiger partial charge on any atom is 0.244 e. The number of nitrogens with zero attached hydrogens (tertiary/aromatic N) is 1. The summed E-state index contributed by atoms with van der Waals surface area (Å²) in [6.07, 6.45) is 5.05. The van der Waals surface area contributed by atoms with Gasteiger partial charge in [0, 0.05) is 17.1 Å². The van der Waals surface area contributed by atoms with Gasteiger partial charge in [-0.2, -0.15) is 4.31 Å². The quantitative estimate of drug-likeness (QED) is 0.814. The van der Waals surface area contributed by atoms with Crippen LogP contribution in [0.4, 0.5) is 0 Å². The van der Waals surface area contributed by atoms with Crippen molar-refractivity contribution in [2.45, 2.75) is 56.9 Å². The normalized spacial score (nSPS) is 21.6. The highest BCUT2D eigenvalue weighted by Crippen LogP contribution is 2.30. The van der Waals surface area contributed by atoms with Gasteiger partial charge in [-0.05, 0) is 59.8 Å². The molecular formula is C15H22BrNO2S. The largest absolute Gasteiger partial charge is 0.244 e. The van der Waals surface area contributed by atoms with Crippen LogP contribution in [0, 0.1) is 6.92 Å². The molecule has 1 unspecified atom stereocenters. The second-order valence-electron chi connectivity index (χ2n) is 5.46. The number of hydrogen-bond acceptors (Lipinski definition) is 2. The summed E-state index contributed by atoms with van der Waals surface area (Å²) >= 11 is 3.41. The van der Waals surface area contributed by atoms with Gasteiger partial charge in [-0.1, -0.05) is 25.8 Å². The maximum absolute atomic E-state index is 12.9. The Hall–Kier alpha value is -0.390. The number of rotatable bonds is 3. The first-order chi connectivity index (χ1) is 9.46. The van der Waals surface area contributed by atoms with Crippen LogP contribution in [0.5, 0.6) is 0 Å². The summed E-state index contributed by atoms with van der Waals surface area (Å²) in [7, 11) is -3.41. The molecule has 5 heteroatoms. The third-order valence-electron chi connectivity index (χ3n) is 3.97. The van der Waals surface area contributed by atoms with Gasteiger partial charge in [0.15, 0.2) is 0 Å². The minimum absolute atomic E-state index is 0.135. The topological polar surface area (TPSA) is 37.4 Å². The van der Waals surface area contributed by atoms with Gasteiger partial charge in [-0.3, -0.25) is 0 Å². The summed E-state index contributed by atoms with van der Waals surface area (Å²) in [5, 5.41) is 0. The van der Waals surface area contributed by atoms with Crippen molar-refractivity contribution in [1.82, 2.24) is 4.31 Å². The summed E-state index contributed by atoms with van der Waals surface area (Å²) in [5.41, 5.74) is 1.05. The molecule has 2 rings (SSSR count). The van der Waals surface area contributed by atoms with Crippen molar-refractivity contribution in [2.24, 2.45) is 0 Å². The molecule has 1 aromatic rings. The van der Waals surface area contributed by atoms with Gasteiger partial charge in [0.25, 0.3) is 0 Å². The Morgan fingerprint density at radius 2 is 2.05 bits per heavy atom. The molecule has 0 spiro atoms. The molecule has 1 saturated heterocycles. The van der Waals surface area contributed by atoms with Crippen molar-refractivity contribution in [2.75, 3.05) is 6.54 Å². The van der Waals surface area contributed by atoms with E-state index in [9.17, 15) is 8.42 Å². The molecule has 1 aromatic carbocycles. The lowest BCUT2D eigenvalue weighted by molar-refractivity contribution is 0.315. The molecule has 20 heavy (non-hydrogen) atoms. The van der Waals surface area contributed by atoms with Crippen molar-refractivity contribution in [3.8, 4) is 0 Å². The van der Waals surface area contributed by atoms with Crippen LogP contribution in [-0.4, -0.2) is 25.3 Å². The zero-order valence-electron chi connectivity index (χ0n) is 12.1. The zero-order valence-corrected chi connectivity index (χ0v) is 14.5. The Labute approximate surface area is 130 Å². The number of halogens is 1. The SMILES string of the molecule is CCC1CCCCCN1S(=O)(=O)c1ccc(C)cc1Br. The highest BCUT2D eigenvalue weighted by Gasteiger charge is 2.32. The number of aryl methyl sites for hydroxylation is 1. The Bertz CT molecular complexity index is 571. The zero-order chi connectivity index (χ0) is 14.8. The molecule has 1 aliphatic rings. The van der Waals surface area contributed by atoms with Gasteiger partial charge in [0.2, 0.25) is 10.0 Å². The van der Waals surface area contributed by atoms with Crippen molar-refractivity contribution in [1.29, 1.82) is 0 Å². The molecule has 0 N–H and O–H groups in total. The second kappa shape index (κ2) is 6.58. The molecular weight excluding hydrogens is 338 g/mol. The lowest BCUT2D eigenvalue weighted by Gasteiger charge is -2.28. The Balaban J connectivity index is 2.41. The van der Waals surface area contributed by atoms with E-state index in [0.29, 0.717) is 15.9 Å². The van der Waals surface area contributed by atoms with Gasteiger partial charge in [-0.25, -0.2) is 8.42 Å². The fourth-order valence-corrected chi connectivity index (χ4v) is 5.74. The van der Waals surface area contributed by atoms with E-state index in [2.05, 4.69) is 22.9 Å². The lowest BCUT2D eigenvalue weighted by atomic mass is 10.1. The molecule has 112 valence electrons. The monoisotopic (exact) mass is 359 g/mol. The minimum atomic E-state index is -3.41. The predicted octanol–water partition coefficient (Wildman–Crippen LogP) is 4.10. The van der Waals surface area contributed by atoms with Crippen LogP contribution in [0.15, 0.2) is 27.6 Å². The average Bonchev–Trinajstić information content (AvgIpc) is 2.63.